The maximum absolute atomic E-state index is 5.95. The van der Waals surface area contributed by atoms with Gasteiger partial charge in [-0.25, -0.2) is 0 Å². The largest absolute Gasteiger partial charge is 0.398 e. The predicted octanol–water partition coefficient (Wildman–Crippen LogP) is 6.20. The van der Waals surface area contributed by atoms with Crippen LogP contribution in [0.4, 0.5) is 5.69 Å². The van der Waals surface area contributed by atoms with Crippen LogP contribution < -0.4 is 11.1 Å². The molecule has 2 rings (SSSR count). The minimum Gasteiger partial charge on any atom is -0.398 e. The summed E-state index contributed by atoms with van der Waals surface area (Å²) in [6.45, 7) is 14.8. The number of benzene rings is 1. The van der Waals surface area contributed by atoms with Crippen LogP contribution in [0.15, 0.2) is 41.5 Å². The number of anilines is 1. The SMILES string of the molecule is CC.CC1=C(c2ccccc2N)CNCC1.CCC/C=C(/C)CC. The molecule has 1 aromatic rings. The lowest BCUT2D eigenvalue weighted by molar-refractivity contribution is 0.715. The first-order valence-electron chi connectivity index (χ1n) is 9.49. The van der Waals surface area contributed by atoms with E-state index in [0.29, 0.717) is 0 Å². The van der Waals surface area contributed by atoms with Gasteiger partial charge in [0.2, 0.25) is 0 Å². The number of para-hydroxylation sites is 1. The molecule has 0 saturated carbocycles. The Balaban J connectivity index is 0.000000456. The van der Waals surface area contributed by atoms with E-state index in [1.807, 2.05) is 32.0 Å². The Bertz CT molecular complexity index is 512. The van der Waals surface area contributed by atoms with Gasteiger partial charge in [-0.15, -0.1) is 0 Å². The fourth-order valence-corrected chi connectivity index (χ4v) is 2.42. The number of hydrogen-bond donors (Lipinski definition) is 2. The highest BCUT2D eigenvalue weighted by molar-refractivity contribution is 5.78. The molecule has 1 aliphatic heterocycles. The number of unbranched alkanes of at least 4 members (excludes halogenated alkanes) is 1. The summed E-state index contributed by atoms with van der Waals surface area (Å²) < 4.78 is 0. The topological polar surface area (TPSA) is 38.0 Å². The summed E-state index contributed by atoms with van der Waals surface area (Å²) in [5.74, 6) is 0. The molecule has 0 fully saturated rings. The molecule has 0 aliphatic carbocycles. The Morgan fingerprint density at radius 1 is 1.21 bits per heavy atom. The molecule has 0 aromatic heterocycles. The molecule has 0 atom stereocenters. The molecule has 1 heterocycles. The van der Waals surface area contributed by atoms with Gasteiger partial charge in [0.25, 0.3) is 0 Å². The van der Waals surface area contributed by atoms with Crippen molar-refractivity contribution in [3.63, 3.8) is 0 Å². The summed E-state index contributed by atoms with van der Waals surface area (Å²) in [5.41, 5.74) is 12.4. The predicted molar refractivity (Wildman–Crippen MR) is 111 cm³/mol. The molecule has 1 aliphatic rings. The van der Waals surface area contributed by atoms with Crippen molar-refractivity contribution in [1.82, 2.24) is 5.32 Å². The molecule has 136 valence electrons. The van der Waals surface area contributed by atoms with Gasteiger partial charge in [-0.3, -0.25) is 0 Å². The number of nitrogens with two attached hydrogens (primary N) is 1. The number of rotatable bonds is 4. The minimum absolute atomic E-state index is 0.880. The molecule has 24 heavy (non-hydrogen) atoms. The van der Waals surface area contributed by atoms with Gasteiger partial charge in [0, 0.05) is 17.8 Å². The Morgan fingerprint density at radius 2 is 1.88 bits per heavy atom. The van der Waals surface area contributed by atoms with Gasteiger partial charge in [-0.2, -0.15) is 0 Å². The third kappa shape index (κ3) is 8.35. The fourth-order valence-electron chi connectivity index (χ4n) is 2.42. The zero-order valence-electron chi connectivity index (χ0n) is 16.7. The lowest BCUT2D eigenvalue weighted by Crippen LogP contribution is -2.24. The Morgan fingerprint density at radius 3 is 2.42 bits per heavy atom. The van der Waals surface area contributed by atoms with Crippen molar-refractivity contribution in [3.8, 4) is 0 Å². The molecule has 1 aromatic carbocycles. The van der Waals surface area contributed by atoms with Crippen LogP contribution in [0.3, 0.4) is 0 Å². The lowest BCUT2D eigenvalue weighted by Gasteiger charge is -2.20. The first-order chi connectivity index (χ1) is 11.6. The molecule has 0 saturated heterocycles. The summed E-state index contributed by atoms with van der Waals surface area (Å²) >= 11 is 0. The van der Waals surface area contributed by atoms with Crippen molar-refractivity contribution in [2.24, 2.45) is 0 Å². The van der Waals surface area contributed by atoms with E-state index in [4.69, 9.17) is 5.73 Å². The van der Waals surface area contributed by atoms with E-state index < -0.39 is 0 Å². The average Bonchev–Trinajstić information content (AvgIpc) is 2.63. The summed E-state index contributed by atoms with van der Waals surface area (Å²) in [4.78, 5) is 0. The van der Waals surface area contributed by atoms with Gasteiger partial charge in [0.05, 0.1) is 0 Å². The quantitative estimate of drug-likeness (QED) is 0.509. The van der Waals surface area contributed by atoms with E-state index in [9.17, 15) is 0 Å². The maximum Gasteiger partial charge on any atom is 0.0390 e. The van der Waals surface area contributed by atoms with Crippen molar-refractivity contribution >= 4 is 11.3 Å². The average molecular weight is 331 g/mol. The Labute approximate surface area is 150 Å². The molecule has 0 unspecified atom stereocenters. The molecular formula is C22H38N2. The van der Waals surface area contributed by atoms with Crippen molar-refractivity contribution in [1.29, 1.82) is 0 Å². The van der Waals surface area contributed by atoms with Crippen LogP contribution >= 0.6 is 0 Å². The lowest BCUT2D eigenvalue weighted by atomic mass is 9.95. The first-order valence-corrected chi connectivity index (χ1v) is 9.49. The third-order valence-electron chi connectivity index (χ3n) is 4.12. The van der Waals surface area contributed by atoms with Crippen LogP contribution in [0.25, 0.3) is 5.57 Å². The Hall–Kier alpha value is -1.54. The van der Waals surface area contributed by atoms with Crippen LogP contribution in [0.1, 0.15) is 72.8 Å². The summed E-state index contributed by atoms with van der Waals surface area (Å²) in [5, 5.41) is 3.38. The monoisotopic (exact) mass is 330 g/mol. The number of nitrogens with one attached hydrogen (secondary N) is 1. The van der Waals surface area contributed by atoms with Crippen LogP contribution in [0.2, 0.25) is 0 Å². The van der Waals surface area contributed by atoms with Gasteiger partial charge >= 0.3 is 0 Å². The third-order valence-corrected chi connectivity index (χ3v) is 4.12. The van der Waals surface area contributed by atoms with E-state index >= 15 is 0 Å². The standard InChI is InChI=1S/C12H16N2.C8H16.C2H6/c1-9-6-7-14-8-11(9)10-4-2-3-5-12(10)13;1-4-6-7-8(3)5-2;1-2/h2-5,14H,6-8,13H2,1H3;7H,4-6H2,1-3H3;1-2H3/b;8-7-;. The van der Waals surface area contributed by atoms with Gasteiger partial charge in [0.1, 0.15) is 0 Å². The zero-order chi connectivity index (χ0) is 18.4. The molecule has 2 heteroatoms. The smallest absolute Gasteiger partial charge is 0.0390 e. The molecule has 3 N–H and O–H groups in total. The second-order valence-electron chi connectivity index (χ2n) is 5.97. The van der Waals surface area contributed by atoms with Gasteiger partial charge < -0.3 is 11.1 Å². The molecule has 0 amide bonds. The second-order valence-corrected chi connectivity index (χ2v) is 5.97. The van der Waals surface area contributed by atoms with Crippen LogP contribution in [0, 0.1) is 0 Å². The second kappa shape index (κ2) is 13.9. The number of allylic oxidation sites excluding steroid dienone is 2. The van der Waals surface area contributed by atoms with Crippen molar-refractivity contribution in [2.75, 3.05) is 18.8 Å². The highest BCUT2D eigenvalue weighted by Gasteiger charge is 2.11. The van der Waals surface area contributed by atoms with E-state index in [2.05, 4.69) is 45.2 Å². The number of nitrogen functional groups attached to an aromatic ring is 1. The summed E-state index contributed by atoms with van der Waals surface area (Å²) in [6.07, 6.45) is 7.18. The molecule has 0 bridgehead atoms. The van der Waals surface area contributed by atoms with Crippen LogP contribution in [-0.4, -0.2) is 13.1 Å². The first kappa shape index (κ1) is 22.5. The molecule has 2 nitrogen and oxygen atoms in total. The van der Waals surface area contributed by atoms with Crippen LogP contribution in [-0.2, 0) is 0 Å². The van der Waals surface area contributed by atoms with Crippen molar-refractivity contribution < 1.29 is 0 Å². The minimum atomic E-state index is 0.880. The molecular weight excluding hydrogens is 292 g/mol. The van der Waals surface area contributed by atoms with Gasteiger partial charge in [-0.05, 0) is 51.3 Å². The normalized spacial score (nSPS) is 14.3. The maximum atomic E-state index is 5.95. The zero-order valence-corrected chi connectivity index (χ0v) is 16.7. The van der Waals surface area contributed by atoms with E-state index in [-0.39, 0.29) is 0 Å². The fraction of sp³-hybridized carbons (Fsp3) is 0.545. The molecule has 0 spiro atoms. The summed E-state index contributed by atoms with van der Waals surface area (Å²) in [7, 11) is 0. The highest BCUT2D eigenvalue weighted by Crippen LogP contribution is 2.26. The number of hydrogen-bond acceptors (Lipinski definition) is 2. The van der Waals surface area contributed by atoms with Crippen molar-refractivity contribution in [2.45, 2.75) is 67.2 Å². The van der Waals surface area contributed by atoms with Crippen LogP contribution in [0.5, 0.6) is 0 Å². The van der Waals surface area contributed by atoms with Crippen molar-refractivity contribution in [3.05, 3.63) is 47.1 Å². The van der Waals surface area contributed by atoms with E-state index in [0.717, 1.165) is 25.2 Å². The van der Waals surface area contributed by atoms with E-state index in [1.165, 1.54) is 41.5 Å². The van der Waals surface area contributed by atoms with Gasteiger partial charge in [-0.1, -0.05) is 69.5 Å². The highest BCUT2D eigenvalue weighted by atomic mass is 14.9. The Kier molecular flexibility index (Phi) is 13.0. The van der Waals surface area contributed by atoms with Gasteiger partial charge in [0.15, 0.2) is 0 Å². The molecule has 0 radical (unpaired) electrons. The summed E-state index contributed by atoms with van der Waals surface area (Å²) in [6, 6.07) is 8.08. The van der Waals surface area contributed by atoms with E-state index in [1.54, 1.807) is 0 Å².